The maximum Gasteiger partial charge on any atom is 0.309 e. The molecule has 170 valence electrons. The Hall–Kier alpha value is -3.10. The minimum Gasteiger partial charge on any atom is -0.481 e. The van der Waals surface area contributed by atoms with Crippen LogP contribution in [-0.4, -0.2) is 47.5 Å². The van der Waals surface area contributed by atoms with E-state index in [9.17, 15) is 19.5 Å². The van der Waals surface area contributed by atoms with Crippen LogP contribution in [0.25, 0.3) is 0 Å². The zero-order valence-corrected chi connectivity index (χ0v) is 18.2. The molecule has 0 fully saturated rings. The Kier molecular flexibility index (Phi) is 8.01. The third-order valence-corrected chi connectivity index (χ3v) is 5.64. The Bertz CT molecular complexity index is 821. The maximum atomic E-state index is 13.1. The molecule has 2 amide bonds. The van der Waals surface area contributed by atoms with E-state index in [1.54, 1.807) is 13.8 Å². The lowest BCUT2D eigenvalue weighted by molar-refractivity contribution is -0.147. The summed E-state index contributed by atoms with van der Waals surface area (Å²) in [5.74, 6) is -1.48. The van der Waals surface area contributed by atoms with Crippen LogP contribution in [0.15, 0.2) is 29.3 Å². The van der Waals surface area contributed by atoms with Gasteiger partial charge in [-0.05, 0) is 44.2 Å². The molecular formula is C22H33N5O4. The number of carbonyl (C=O) groups is 3. The molecule has 1 aromatic carbocycles. The average Bonchev–Trinajstić information content (AvgIpc) is 3.07. The number of guanidine groups is 1. The molecule has 0 saturated carbocycles. The quantitative estimate of drug-likeness (QED) is 0.197. The van der Waals surface area contributed by atoms with Crippen LogP contribution < -0.4 is 22.1 Å². The van der Waals surface area contributed by atoms with Crippen molar-refractivity contribution < 1.29 is 19.5 Å². The van der Waals surface area contributed by atoms with Gasteiger partial charge < -0.3 is 27.2 Å². The highest BCUT2D eigenvalue weighted by Gasteiger charge is 2.45. The van der Waals surface area contributed by atoms with E-state index < -0.39 is 16.9 Å². The third-order valence-electron chi connectivity index (χ3n) is 5.64. The highest BCUT2D eigenvalue weighted by atomic mass is 16.4. The molecule has 0 aliphatic heterocycles. The van der Waals surface area contributed by atoms with E-state index in [4.69, 9.17) is 11.5 Å². The molecule has 0 saturated heterocycles. The minimum absolute atomic E-state index is 0.0309. The van der Waals surface area contributed by atoms with Crippen molar-refractivity contribution in [3.05, 3.63) is 35.4 Å². The molecular weight excluding hydrogens is 398 g/mol. The molecule has 9 heteroatoms. The number of carboxylic acid groups (broad SMARTS) is 1. The predicted molar refractivity (Wildman–Crippen MR) is 118 cm³/mol. The molecule has 1 aromatic rings. The second kappa shape index (κ2) is 10.3. The van der Waals surface area contributed by atoms with E-state index in [2.05, 4.69) is 15.6 Å². The number of aliphatic carboxylic acids is 1. The number of nitrogens with one attached hydrogen (secondary N) is 2. The van der Waals surface area contributed by atoms with Gasteiger partial charge in [0.2, 0.25) is 11.8 Å². The molecule has 0 bridgehead atoms. The predicted octanol–water partition coefficient (Wildman–Crippen LogP) is 0.701. The molecule has 0 spiro atoms. The summed E-state index contributed by atoms with van der Waals surface area (Å²) in [7, 11) is 0. The van der Waals surface area contributed by atoms with Crippen LogP contribution in [0.1, 0.15) is 50.7 Å². The van der Waals surface area contributed by atoms with Crippen molar-refractivity contribution in [1.82, 2.24) is 10.6 Å². The number of carboxylic acids is 1. The number of fused-ring (bicyclic) bond motifs is 1. The molecule has 9 nitrogen and oxygen atoms in total. The lowest BCUT2D eigenvalue weighted by Crippen LogP contribution is -2.60. The number of unbranched alkanes of at least 4 members (excludes halogenated alkanes) is 1. The zero-order chi connectivity index (χ0) is 23.1. The summed E-state index contributed by atoms with van der Waals surface area (Å²) in [5.41, 5.74) is 10.6. The molecule has 0 atom stereocenters. The summed E-state index contributed by atoms with van der Waals surface area (Å²) in [4.78, 5) is 41.0. The topological polar surface area (TPSA) is 160 Å². The van der Waals surface area contributed by atoms with Crippen molar-refractivity contribution in [2.24, 2.45) is 21.9 Å². The monoisotopic (exact) mass is 431 g/mol. The Labute approximate surface area is 182 Å². The van der Waals surface area contributed by atoms with Crippen LogP contribution in [0.5, 0.6) is 0 Å². The van der Waals surface area contributed by atoms with Crippen LogP contribution in [0.2, 0.25) is 0 Å². The van der Waals surface area contributed by atoms with Crippen molar-refractivity contribution in [3.8, 4) is 0 Å². The maximum absolute atomic E-state index is 13.1. The third kappa shape index (κ3) is 6.70. The molecule has 7 N–H and O–H groups in total. The van der Waals surface area contributed by atoms with Gasteiger partial charge >= 0.3 is 5.97 Å². The normalized spacial score (nSPS) is 14.4. The zero-order valence-electron chi connectivity index (χ0n) is 18.2. The van der Waals surface area contributed by atoms with Crippen LogP contribution in [0.3, 0.4) is 0 Å². The van der Waals surface area contributed by atoms with Crippen LogP contribution in [0.4, 0.5) is 0 Å². The number of carbonyl (C=O) groups excluding carboxylic acids is 2. The van der Waals surface area contributed by atoms with Gasteiger partial charge in [-0.3, -0.25) is 19.4 Å². The summed E-state index contributed by atoms with van der Waals surface area (Å²) < 4.78 is 0. The molecule has 0 radical (unpaired) electrons. The molecule has 1 aliphatic carbocycles. The summed E-state index contributed by atoms with van der Waals surface area (Å²) in [6, 6.07) is 7.74. The number of amides is 2. The van der Waals surface area contributed by atoms with E-state index in [-0.39, 0.29) is 30.6 Å². The number of aliphatic imine (C=N–C) groups is 1. The van der Waals surface area contributed by atoms with E-state index >= 15 is 0 Å². The van der Waals surface area contributed by atoms with E-state index in [1.807, 2.05) is 24.3 Å². The van der Waals surface area contributed by atoms with Gasteiger partial charge in [0.05, 0.1) is 5.41 Å². The van der Waals surface area contributed by atoms with Gasteiger partial charge in [-0.15, -0.1) is 0 Å². The largest absolute Gasteiger partial charge is 0.481 e. The molecule has 31 heavy (non-hydrogen) atoms. The number of hydrogen-bond acceptors (Lipinski definition) is 4. The van der Waals surface area contributed by atoms with Crippen LogP contribution in [0, 0.1) is 5.41 Å². The van der Waals surface area contributed by atoms with Crippen molar-refractivity contribution in [2.75, 3.05) is 13.1 Å². The smallest absolute Gasteiger partial charge is 0.309 e. The van der Waals surface area contributed by atoms with Crippen LogP contribution >= 0.6 is 0 Å². The Balaban J connectivity index is 2.02. The second-order valence-corrected chi connectivity index (χ2v) is 8.71. The summed E-state index contributed by atoms with van der Waals surface area (Å²) >= 11 is 0. The SMILES string of the molecule is CC(C)(CCC(=O)NC1(C(=O)NCCCCN=C(N)N)Cc2ccccc2C1)C(=O)O. The number of benzene rings is 1. The number of hydrogen-bond donors (Lipinski definition) is 5. The van der Waals surface area contributed by atoms with Gasteiger partial charge in [-0.2, -0.15) is 0 Å². The van der Waals surface area contributed by atoms with Crippen molar-refractivity contribution >= 4 is 23.7 Å². The van der Waals surface area contributed by atoms with Gasteiger partial charge in [0.25, 0.3) is 0 Å². The minimum atomic E-state index is -1.08. The van der Waals surface area contributed by atoms with Gasteiger partial charge in [0, 0.05) is 32.4 Å². The number of nitrogens with zero attached hydrogens (tertiary/aromatic N) is 1. The first-order valence-electron chi connectivity index (χ1n) is 10.5. The van der Waals surface area contributed by atoms with Crippen molar-refractivity contribution in [1.29, 1.82) is 0 Å². The molecule has 0 unspecified atom stereocenters. The first kappa shape index (κ1) is 24.2. The first-order chi connectivity index (χ1) is 14.6. The average molecular weight is 432 g/mol. The Morgan fingerprint density at radius 2 is 1.74 bits per heavy atom. The summed E-state index contributed by atoms with van der Waals surface area (Å²) in [5, 5.41) is 15.1. The molecule has 1 aliphatic rings. The fourth-order valence-electron chi connectivity index (χ4n) is 3.60. The lowest BCUT2D eigenvalue weighted by Gasteiger charge is -2.30. The van der Waals surface area contributed by atoms with Gasteiger partial charge in [-0.1, -0.05) is 24.3 Å². The Morgan fingerprint density at radius 1 is 1.13 bits per heavy atom. The van der Waals surface area contributed by atoms with E-state index in [1.165, 1.54) is 0 Å². The van der Waals surface area contributed by atoms with Gasteiger partial charge in [-0.25, -0.2) is 0 Å². The molecule has 0 aromatic heterocycles. The summed E-state index contributed by atoms with van der Waals surface area (Å²) in [6.45, 7) is 4.10. The van der Waals surface area contributed by atoms with Gasteiger partial charge in [0.15, 0.2) is 5.96 Å². The highest BCUT2D eigenvalue weighted by Crippen LogP contribution is 2.31. The fourth-order valence-corrected chi connectivity index (χ4v) is 3.60. The second-order valence-electron chi connectivity index (χ2n) is 8.71. The lowest BCUT2D eigenvalue weighted by atomic mass is 9.87. The van der Waals surface area contributed by atoms with Crippen molar-refractivity contribution in [3.63, 3.8) is 0 Å². The molecule has 2 rings (SSSR count). The Morgan fingerprint density at radius 3 is 2.29 bits per heavy atom. The van der Waals surface area contributed by atoms with Crippen molar-refractivity contribution in [2.45, 2.75) is 57.9 Å². The highest BCUT2D eigenvalue weighted by molar-refractivity contribution is 5.93. The first-order valence-corrected chi connectivity index (χ1v) is 10.5. The van der Waals surface area contributed by atoms with Gasteiger partial charge in [0.1, 0.15) is 5.54 Å². The standard InChI is InChI=1S/C22H33N5O4/c1-21(2,19(30)31)10-9-17(28)27-22(13-15-7-3-4-8-16(15)14-22)18(29)25-11-5-6-12-26-20(23)24/h3-4,7-8H,5-6,9-14H2,1-2H3,(H,25,29)(H,27,28)(H,30,31)(H4,23,24,26). The van der Waals surface area contributed by atoms with E-state index in [0.717, 1.165) is 17.5 Å². The fraction of sp³-hybridized carbons (Fsp3) is 0.545. The molecule has 0 heterocycles. The number of rotatable bonds is 11. The van der Waals surface area contributed by atoms with Crippen LogP contribution in [-0.2, 0) is 27.2 Å². The number of nitrogens with two attached hydrogens (primary N) is 2. The summed E-state index contributed by atoms with van der Waals surface area (Å²) in [6.07, 6.45) is 2.44. The van der Waals surface area contributed by atoms with E-state index in [0.29, 0.717) is 32.4 Å².